The summed E-state index contributed by atoms with van der Waals surface area (Å²) in [6.07, 6.45) is 3.42. The van der Waals surface area contributed by atoms with E-state index in [2.05, 4.69) is 19.6 Å². The minimum Gasteiger partial charge on any atom is -0.414 e. The first kappa shape index (κ1) is 13.9. The van der Waals surface area contributed by atoms with E-state index in [0.29, 0.717) is 5.78 Å². The summed E-state index contributed by atoms with van der Waals surface area (Å²) < 4.78 is 6.15. The fourth-order valence-electron chi connectivity index (χ4n) is 2.38. The van der Waals surface area contributed by atoms with Gasteiger partial charge in [-0.3, -0.25) is 4.79 Å². The molecule has 0 aliphatic heterocycles. The van der Waals surface area contributed by atoms with Crippen molar-refractivity contribution in [2.75, 3.05) is 0 Å². The van der Waals surface area contributed by atoms with Crippen LogP contribution in [0, 0.1) is 11.3 Å². The molecule has 94 valence electrons. The molecule has 0 spiro atoms. The highest BCUT2D eigenvalue weighted by Gasteiger charge is 2.40. The standard InChI is InChI=1S/C13H26O2Si/c1-13(2,3)12(14)10-8-7-9-11(10)15-16(4,5)6/h10-11H,7-9H2,1-6H3/t10-,11-/m1/s1. The zero-order valence-corrected chi connectivity index (χ0v) is 12.6. The predicted molar refractivity (Wildman–Crippen MR) is 70.0 cm³/mol. The summed E-state index contributed by atoms with van der Waals surface area (Å²) in [7, 11) is -1.52. The summed E-state index contributed by atoms with van der Waals surface area (Å²) in [4.78, 5) is 12.3. The van der Waals surface area contributed by atoms with Crippen molar-refractivity contribution in [2.24, 2.45) is 11.3 Å². The number of hydrogen-bond acceptors (Lipinski definition) is 2. The normalized spacial score (nSPS) is 27.1. The van der Waals surface area contributed by atoms with Crippen LogP contribution in [0.2, 0.25) is 19.6 Å². The van der Waals surface area contributed by atoms with Crippen LogP contribution >= 0.6 is 0 Å². The lowest BCUT2D eigenvalue weighted by atomic mass is 9.81. The Hall–Kier alpha value is -0.153. The molecule has 2 nitrogen and oxygen atoms in total. The largest absolute Gasteiger partial charge is 0.414 e. The van der Waals surface area contributed by atoms with Gasteiger partial charge in [-0.2, -0.15) is 0 Å². The third kappa shape index (κ3) is 3.70. The van der Waals surface area contributed by atoms with Crippen molar-refractivity contribution < 1.29 is 9.22 Å². The molecule has 0 aromatic rings. The van der Waals surface area contributed by atoms with E-state index in [9.17, 15) is 4.79 Å². The lowest BCUT2D eigenvalue weighted by molar-refractivity contribution is -0.132. The van der Waals surface area contributed by atoms with Gasteiger partial charge in [-0.05, 0) is 32.5 Å². The molecule has 1 rings (SSSR count). The number of ketones is 1. The van der Waals surface area contributed by atoms with Gasteiger partial charge < -0.3 is 4.43 Å². The van der Waals surface area contributed by atoms with Gasteiger partial charge in [-0.25, -0.2) is 0 Å². The van der Waals surface area contributed by atoms with Gasteiger partial charge >= 0.3 is 0 Å². The molecule has 0 radical (unpaired) electrons. The summed E-state index contributed by atoms with van der Waals surface area (Å²) in [5, 5.41) is 0. The summed E-state index contributed by atoms with van der Waals surface area (Å²) in [5.74, 6) is 0.528. The van der Waals surface area contributed by atoms with Crippen LogP contribution in [-0.4, -0.2) is 20.2 Å². The Morgan fingerprint density at radius 2 is 1.75 bits per heavy atom. The van der Waals surface area contributed by atoms with E-state index in [4.69, 9.17) is 4.43 Å². The smallest absolute Gasteiger partial charge is 0.184 e. The van der Waals surface area contributed by atoms with Gasteiger partial charge in [0.05, 0.1) is 6.10 Å². The topological polar surface area (TPSA) is 26.3 Å². The minimum absolute atomic E-state index is 0.145. The molecule has 0 N–H and O–H groups in total. The monoisotopic (exact) mass is 242 g/mol. The molecule has 1 aliphatic carbocycles. The number of Topliss-reactive ketones (excluding diaryl/α,β-unsaturated/α-hetero) is 1. The van der Waals surface area contributed by atoms with Gasteiger partial charge in [-0.1, -0.05) is 27.2 Å². The molecule has 0 aromatic heterocycles. The summed E-state index contributed by atoms with van der Waals surface area (Å²) in [6, 6.07) is 0. The highest BCUT2D eigenvalue weighted by Crippen LogP contribution is 2.35. The van der Waals surface area contributed by atoms with E-state index >= 15 is 0 Å². The lowest BCUT2D eigenvalue weighted by Gasteiger charge is -2.30. The van der Waals surface area contributed by atoms with Gasteiger partial charge in [0.25, 0.3) is 0 Å². The van der Waals surface area contributed by atoms with Crippen molar-refractivity contribution >= 4 is 14.1 Å². The Balaban J connectivity index is 2.70. The first-order valence-corrected chi connectivity index (χ1v) is 9.74. The van der Waals surface area contributed by atoms with Gasteiger partial charge in [-0.15, -0.1) is 0 Å². The second kappa shape index (κ2) is 4.61. The average Bonchev–Trinajstić information content (AvgIpc) is 2.46. The van der Waals surface area contributed by atoms with Crippen molar-refractivity contribution in [2.45, 2.75) is 65.8 Å². The van der Waals surface area contributed by atoms with E-state index in [1.165, 1.54) is 0 Å². The molecule has 2 atom stereocenters. The van der Waals surface area contributed by atoms with Gasteiger partial charge in [0.15, 0.2) is 8.32 Å². The van der Waals surface area contributed by atoms with Crippen LogP contribution in [0.1, 0.15) is 40.0 Å². The average molecular weight is 242 g/mol. The zero-order valence-electron chi connectivity index (χ0n) is 11.6. The second-order valence-electron chi connectivity index (χ2n) is 6.92. The van der Waals surface area contributed by atoms with Gasteiger partial charge in [0, 0.05) is 11.3 Å². The molecule has 0 saturated heterocycles. The molecular weight excluding hydrogens is 216 g/mol. The molecule has 1 saturated carbocycles. The number of rotatable bonds is 3. The third-order valence-electron chi connectivity index (χ3n) is 3.03. The van der Waals surface area contributed by atoms with E-state index in [1.54, 1.807) is 0 Å². The Bertz CT molecular complexity index is 260. The summed E-state index contributed by atoms with van der Waals surface area (Å²) in [5.41, 5.74) is -0.226. The Morgan fingerprint density at radius 3 is 2.19 bits per heavy atom. The molecule has 0 bridgehead atoms. The maximum Gasteiger partial charge on any atom is 0.184 e. The van der Waals surface area contributed by atoms with Gasteiger partial charge in [0.1, 0.15) is 5.78 Å². The van der Waals surface area contributed by atoms with E-state index in [-0.39, 0.29) is 17.4 Å². The highest BCUT2D eigenvalue weighted by atomic mass is 28.4. The van der Waals surface area contributed by atoms with Crippen molar-refractivity contribution in [3.05, 3.63) is 0 Å². The molecule has 0 heterocycles. The van der Waals surface area contributed by atoms with Crippen LogP contribution in [0.5, 0.6) is 0 Å². The van der Waals surface area contributed by atoms with Crippen molar-refractivity contribution in [1.82, 2.24) is 0 Å². The molecule has 0 amide bonds. The molecule has 16 heavy (non-hydrogen) atoms. The van der Waals surface area contributed by atoms with Crippen LogP contribution in [0.15, 0.2) is 0 Å². The number of carbonyl (C=O) groups is 1. The Morgan fingerprint density at radius 1 is 1.19 bits per heavy atom. The number of hydrogen-bond donors (Lipinski definition) is 0. The maximum absolute atomic E-state index is 12.3. The van der Waals surface area contributed by atoms with Crippen LogP contribution in [0.3, 0.4) is 0 Å². The van der Waals surface area contributed by atoms with Crippen LogP contribution in [-0.2, 0) is 9.22 Å². The van der Waals surface area contributed by atoms with E-state index in [0.717, 1.165) is 19.3 Å². The van der Waals surface area contributed by atoms with E-state index in [1.807, 2.05) is 20.8 Å². The maximum atomic E-state index is 12.3. The van der Waals surface area contributed by atoms with E-state index < -0.39 is 8.32 Å². The first-order chi connectivity index (χ1) is 7.11. The third-order valence-corrected chi connectivity index (χ3v) is 4.04. The fourth-order valence-corrected chi connectivity index (χ4v) is 3.57. The van der Waals surface area contributed by atoms with Crippen molar-refractivity contribution in [3.63, 3.8) is 0 Å². The Kier molecular flexibility index (Phi) is 4.01. The van der Waals surface area contributed by atoms with Gasteiger partial charge in [0.2, 0.25) is 0 Å². The molecular formula is C13H26O2Si. The lowest BCUT2D eigenvalue weighted by Crippen LogP contribution is -2.39. The van der Waals surface area contributed by atoms with Crippen LogP contribution < -0.4 is 0 Å². The molecule has 0 unspecified atom stereocenters. The molecule has 0 aromatic carbocycles. The molecule has 1 aliphatic rings. The van der Waals surface area contributed by atoms with Crippen LogP contribution in [0.4, 0.5) is 0 Å². The molecule has 1 fully saturated rings. The quantitative estimate of drug-likeness (QED) is 0.707. The predicted octanol–water partition coefficient (Wildman–Crippen LogP) is 3.62. The van der Waals surface area contributed by atoms with Crippen molar-refractivity contribution in [3.8, 4) is 0 Å². The number of carbonyl (C=O) groups excluding carboxylic acids is 1. The zero-order chi connectivity index (χ0) is 12.6. The second-order valence-corrected chi connectivity index (χ2v) is 11.4. The minimum atomic E-state index is -1.52. The van der Waals surface area contributed by atoms with Crippen molar-refractivity contribution in [1.29, 1.82) is 0 Å². The summed E-state index contributed by atoms with van der Waals surface area (Å²) >= 11 is 0. The summed E-state index contributed by atoms with van der Waals surface area (Å²) in [6.45, 7) is 12.6. The first-order valence-electron chi connectivity index (χ1n) is 6.33. The fraction of sp³-hybridized carbons (Fsp3) is 0.923. The molecule has 3 heteroatoms. The Labute approximate surface area is 101 Å². The SMILES string of the molecule is CC(C)(C)C(=O)[C@@H]1CCC[C@H]1O[Si](C)(C)C. The van der Waals surface area contributed by atoms with Crippen LogP contribution in [0.25, 0.3) is 0 Å². The highest BCUT2D eigenvalue weighted by molar-refractivity contribution is 6.69.